The van der Waals surface area contributed by atoms with Crippen LogP contribution < -0.4 is 0 Å². The van der Waals surface area contributed by atoms with Gasteiger partial charge in [0.25, 0.3) is 0 Å². The molecule has 0 spiro atoms. The molecule has 0 saturated carbocycles. The molecule has 1 amide bonds. The number of hydrogen-bond donors (Lipinski definition) is 1. The van der Waals surface area contributed by atoms with Crippen LogP contribution in [0.25, 0.3) is 5.57 Å². The summed E-state index contributed by atoms with van der Waals surface area (Å²) in [6.07, 6.45) is 0.422. The Morgan fingerprint density at radius 2 is 2.06 bits per heavy atom. The van der Waals surface area contributed by atoms with Crippen LogP contribution in [0.15, 0.2) is 24.3 Å². The first-order chi connectivity index (χ1) is 7.50. The van der Waals surface area contributed by atoms with Crippen molar-refractivity contribution >= 4 is 34.7 Å². The molecule has 0 fully saturated rings. The van der Waals surface area contributed by atoms with E-state index in [1.807, 2.05) is 0 Å². The number of hydrogen-bond acceptors (Lipinski definition) is 2. The molecule has 1 aliphatic heterocycles. The standard InChI is InChI=1S/C11H9Cl2NO2/c1-14-10(15)5-8(11(14)16)7-3-2-6(12)4-9(7)13/h2-5,11,16H,1H3. The molecular weight excluding hydrogens is 249 g/mol. The summed E-state index contributed by atoms with van der Waals surface area (Å²) in [7, 11) is 1.53. The predicted octanol–water partition coefficient (Wildman–Crippen LogP) is 2.17. The molecule has 3 nitrogen and oxygen atoms in total. The summed E-state index contributed by atoms with van der Waals surface area (Å²) in [6.45, 7) is 0. The molecule has 16 heavy (non-hydrogen) atoms. The van der Waals surface area contributed by atoms with Crippen LogP contribution in [0.4, 0.5) is 0 Å². The highest BCUT2D eigenvalue weighted by atomic mass is 35.5. The third-order valence-corrected chi connectivity index (χ3v) is 3.06. The number of amides is 1. The lowest BCUT2D eigenvalue weighted by atomic mass is 10.1. The van der Waals surface area contributed by atoms with Crippen LogP contribution in [0.2, 0.25) is 10.0 Å². The minimum atomic E-state index is -0.953. The number of carbonyl (C=O) groups is 1. The molecule has 2 rings (SSSR count). The first kappa shape index (κ1) is 11.5. The summed E-state index contributed by atoms with van der Waals surface area (Å²) in [5.74, 6) is -0.242. The van der Waals surface area contributed by atoms with Crippen molar-refractivity contribution in [3.8, 4) is 0 Å². The van der Waals surface area contributed by atoms with Crippen LogP contribution in [0.3, 0.4) is 0 Å². The van der Waals surface area contributed by atoms with Gasteiger partial charge in [-0.2, -0.15) is 0 Å². The van der Waals surface area contributed by atoms with Gasteiger partial charge in [-0.1, -0.05) is 29.3 Å². The number of benzene rings is 1. The van der Waals surface area contributed by atoms with Crippen LogP contribution in [-0.2, 0) is 4.79 Å². The van der Waals surface area contributed by atoms with Gasteiger partial charge in [0.15, 0.2) is 6.23 Å². The molecule has 0 aliphatic carbocycles. The van der Waals surface area contributed by atoms with Gasteiger partial charge in [-0.15, -0.1) is 0 Å². The molecule has 84 valence electrons. The first-order valence-electron chi connectivity index (χ1n) is 4.62. The molecule has 1 unspecified atom stereocenters. The number of aliphatic hydroxyl groups is 1. The van der Waals surface area contributed by atoms with E-state index in [9.17, 15) is 9.90 Å². The number of rotatable bonds is 1. The summed E-state index contributed by atoms with van der Waals surface area (Å²) in [5.41, 5.74) is 1.12. The Morgan fingerprint density at radius 3 is 2.56 bits per heavy atom. The molecule has 5 heteroatoms. The normalized spacial score (nSPS) is 20.2. The van der Waals surface area contributed by atoms with Gasteiger partial charge in [-0.25, -0.2) is 0 Å². The average Bonchev–Trinajstić information content (AvgIpc) is 2.46. The van der Waals surface area contributed by atoms with Crippen LogP contribution in [0.5, 0.6) is 0 Å². The smallest absolute Gasteiger partial charge is 0.249 e. The third kappa shape index (κ3) is 1.82. The Balaban J connectivity index is 2.46. The zero-order valence-electron chi connectivity index (χ0n) is 8.45. The van der Waals surface area contributed by atoms with Crippen molar-refractivity contribution in [1.29, 1.82) is 0 Å². The predicted molar refractivity (Wildman–Crippen MR) is 63.2 cm³/mol. The van der Waals surface area contributed by atoms with E-state index >= 15 is 0 Å². The van der Waals surface area contributed by atoms with Crippen molar-refractivity contribution < 1.29 is 9.90 Å². The van der Waals surface area contributed by atoms with Crippen LogP contribution in [0.1, 0.15) is 5.56 Å². The monoisotopic (exact) mass is 257 g/mol. The summed E-state index contributed by atoms with van der Waals surface area (Å²) in [6, 6.07) is 4.93. The molecule has 0 aromatic heterocycles. The molecule has 1 N–H and O–H groups in total. The lowest BCUT2D eigenvalue weighted by Gasteiger charge is -2.18. The van der Waals surface area contributed by atoms with Gasteiger partial charge in [-0.3, -0.25) is 4.79 Å². The molecule has 0 radical (unpaired) electrons. The molecule has 1 aliphatic rings. The van der Waals surface area contributed by atoms with Gasteiger partial charge >= 0.3 is 0 Å². The largest absolute Gasteiger partial charge is 0.369 e. The second kappa shape index (κ2) is 4.09. The second-order valence-corrected chi connectivity index (χ2v) is 4.39. The van der Waals surface area contributed by atoms with Crippen molar-refractivity contribution in [2.45, 2.75) is 6.23 Å². The summed E-state index contributed by atoms with van der Waals surface area (Å²) >= 11 is 11.8. The van der Waals surface area contributed by atoms with E-state index in [0.717, 1.165) is 0 Å². The average molecular weight is 258 g/mol. The topological polar surface area (TPSA) is 40.5 Å². The number of likely N-dealkylation sites (N-methyl/N-ethyl adjacent to an activating group) is 1. The minimum absolute atomic E-state index is 0.242. The SMILES string of the molecule is CN1C(=O)C=C(c2ccc(Cl)cc2Cl)C1O. The zero-order valence-corrected chi connectivity index (χ0v) is 9.96. The highest BCUT2D eigenvalue weighted by Crippen LogP contribution is 2.32. The Hall–Kier alpha value is -1.03. The van der Waals surface area contributed by atoms with E-state index in [1.165, 1.54) is 18.0 Å². The zero-order chi connectivity index (χ0) is 11.9. The van der Waals surface area contributed by atoms with Crippen LogP contribution >= 0.6 is 23.2 Å². The van der Waals surface area contributed by atoms with E-state index in [2.05, 4.69) is 0 Å². The van der Waals surface area contributed by atoms with Crippen LogP contribution in [-0.4, -0.2) is 29.2 Å². The number of aliphatic hydroxyl groups excluding tert-OH is 1. The fraction of sp³-hybridized carbons (Fsp3) is 0.182. The number of carbonyl (C=O) groups excluding carboxylic acids is 1. The van der Waals surface area contributed by atoms with Gasteiger partial charge in [-0.05, 0) is 12.1 Å². The second-order valence-electron chi connectivity index (χ2n) is 3.55. The maximum Gasteiger partial charge on any atom is 0.249 e. The van der Waals surface area contributed by atoms with Gasteiger partial charge in [0.1, 0.15) is 0 Å². The lowest BCUT2D eigenvalue weighted by Crippen LogP contribution is -2.30. The fourth-order valence-electron chi connectivity index (χ4n) is 1.58. The van der Waals surface area contributed by atoms with Gasteiger partial charge in [0.05, 0.1) is 0 Å². The van der Waals surface area contributed by atoms with Crippen molar-refractivity contribution in [2.24, 2.45) is 0 Å². The molecule has 1 aromatic carbocycles. The summed E-state index contributed by atoms with van der Waals surface area (Å²) < 4.78 is 0. The lowest BCUT2D eigenvalue weighted by molar-refractivity contribution is -0.128. The highest BCUT2D eigenvalue weighted by molar-refractivity contribution is 6.36. The van der Waals surface area contributed by atoms with E-state index in [1.54, 1.807) is 18.2 Å². The highest BCUT2D eigenvalue weighted by Gasteiger charge is 2.29. The van der Waals surface area contributed by atoms with Crippen molar-refractivity contribution in [3.63, 3.8) is 0 Å². The van der Waals surface area contributed by atoms with Crippen molar-refractivity contribution in [3.05, 3.63) is 39.9 Å². The summed E-state index contributed by atoms with van der Waals surface area (Å²) in [4.78, 5) is 12.6. The molecule has 0 bridgehead atoms. The maximum absolute atomic E-state index is 11.4. The van der Waals surface area contributed by atoms with E-state index in [-0.39, 0.29) is 5.91 Å². The Morgan fingerprint density at radius 1 is 1.38 bits per heavy atom. The Bertz CT molecular complexity index is 485. The van der Waals surface area contributed by atoms with Gasteiger partial charge in [0.2, 0.25) is 5.91 Å². The molecule has 1 aromatic rings. The van der Waals surface area contributed by atoms with Gasteiger partial charge < -0.3 is 10.0 Å². The number of halogens is 2. The first-order valence-corrected chi connectivity index (χ1v) is 5.38. The minimum Gasteiger partial charge on any atom is -0.369 e. The molecule has 1 atom stereocenters. The Kier molecular flexibility index (Phi) is 2.93. The maximum atomic E-state index is 11.4. The van der Waals surface area contributed by atoms with Crippen LogP contribution in [0, 0.1) is 0 Å². The molecule has 1 heterocycles. The van der Waals surface area contributed by atoms with Crippen molar-refractivity contribution in [2.75, 3.05) is 7.05 Å². The van der Waals surface area contributed by atoms with Crippen molar-refractivity contribution in [1.82, 2.24) is 4.90 Å². The third-order valence-electron chi connectivity index (χ3n) is 2.51. The van der Waals surface area contributed by atoms with Gasteiger partial charge in [0, 0.05) is 34.3 Å². The summed E-state index contributed by atoms with van der Waals surface area (Å²) in [5, 5.41) is 10.8. The quantitative estimate of drug-likeness (QED) is 0.838. The Labute approximate surface area is 103 Å². The molecular formula is C11H9Cl2NO2. The van der Waals surface area contributed by atoms with E-state index in [0.29, 0.717) is 21.2 Å². The number of nitrogens with zero attached hydrogens (tertiary/aromatic N) is 1. The molecule has 0 saturated heterocycles. The fourth-order valence-corrected chi connectivity index (χ4v) is 2.10. The van der Waals surface area contributed by atoms with E-state index in [4.69, 9.17) is 23.2 Å². The van der Waals surface area contributed by atoms with E-state index < -0.39 is 6.23 Å².